The fraction of sp³-hybridized carbons (Fsp3) is 1.00. The molecule has 0 aromatic rings. The SMILES string of the molecule is CCCN.O=[P+](O)O. The smallest absolute Gasteiger partial charge is 0.330 e. The van der Waals surface area contributed by atoms with Gasteiger partial charge in [-0.05, 0) is 13.0 Å². The Morgan fingerprint density at radius 3 is 1.75 bits per heavy atom. The maximum atomic E-state index is 8.70. The highest BCUT2D eigenvalue weighted by Gasteiger charge is 1.93. The quantitative estimate of drug-likeness (QED) is 0.447. The molecule has 50 valence electrons. The van der Waals surface area contributed by atoms with Crippen LogP contribution in [0.15, 0.2) is 0 Å². The summed E-state index contributed by atoms with van der Waals surface area (Å²) < 4.78 is 8.70. The third-order valence-corrected chi connectivity index (χ3v) is 0.289. The van der Waals surface area contributed by atoms with Gasteiger partial charge < -0.3 is 5.73 Å². The summed E-state index contributed by atoms with van der Waals surface area (Å²) in [5.41, 5.74) is 5.03. The van der Waals surface area contributed by atoms with E-state index >= 15 is 0 Å². The molecule has 0 aromatic carbocycles. The summed E-state index contributed by atoms with van der Waals surface area (Å²) in [6, 6.07) is 0. The molecule has 0 spiro atoms. The van der Waals surface area contributed by atoms with E-state index in [-0.39, 0.29) is 0 Å². The molecule has 4 N–H and O–H groups in total. The minimum absolute atomic E-state index is 0.819. The van der Waals surface area contributed by atoms with Gasteiger partial charge in [-0.1, -0.05) is 6.92 Å². The van der Waals surface area contributed by atoms with Crippen LogP contribution in [0.25, 0.3) is 0 Å². The van der Waals surface area contributed by atoms with Crippen LogP contribution in [-0.2, 0) is 4.57 Å². The average Bonchev–Trinajstić information content (AvgIpc) is 1.65. The number of hydrogen-bond donors (Lipinski definition) is 3. The second-order valence-electron chi connectivity index (χ2n) is 1.04. The largest absolute Gasteiger partial charge is 0.692 e. The molecule has 0 aliphatic heterocycles. The van der Waals surface area contributed by atoms with E-state index in [1.807, 2.05) is 0 Å². The molecule has 0 fully saturated rings. The summed E-state index contributed by atoms with van der Waals surface area (Å²) in [6.07, 6.45) is 1.10. The molecule has 0 aliphatic rings. The van der Waals surface area contributed by atoms with Crippen molar-refractivity contribution in [2.24, 2.45) is 5.73 Å². The standard InChI is InChI=1S/C3H9N.HO3P/c1-2-3-4;1-4(2)3/h2-4H2,1H3;(H-,1,2,3)/p+1. The van der Waals surface area contributed by atoms with Crippen molar-refractivity contribution in [3.8, 4) is 0 Å². The topological polar surface area (TPSA) is 83.6 Å². The van der Waals surface area contributed by atoms with Crippen LogP contribution in [0.2, 0.25) is 0 Å². The van der Waals surface area contributed by atoms with Crippen molar-refractivity contribution in [3.05, 3.63) is 0 Å². The van der Waals surface area contributed by atoms with Crippen LogP contribution in [-0.4, -0.2) is 16.3 Å². The predicted molar refractivity (Wildman–Crippen MR) is 31.4 cm³/mol. The van der Waals surface area contributed by atoms with Gasteiger partial charge in [-0.25, -0.2) is 0 Å². The highest BCUT2D eigenvalue weighted by molar-refractivity contribution is 7.30. The highest BCUT2D eigenvalue weighted by Crippen LogP contribution is 1.98. The molecule has 0 amide bonds. The molecular formula is C3H11NO3P+. The van der Waals surface area contributed by atoms with Gasteiger partial charge in [-0.2, -0.15) is 0 Å². The normalized spacial score (nSPS) is 7.00. The minimum Gasteiger partial charge on any atom is -0.330 e. The third-order valence-electron chi connectivity index (χ3n) is 0.289. The van der Waals surface area contributed by atoms with Crippen LogP contribution in [0.4, 0.5) is 0 Å². The van der Waals surface area contributed by atoms with Gasteiger partial charge in [0, 0.05) is 4.57 Å². The first-order valence-electron chi connectivity index (χ1n) is 2.20. The van der Waals surface area contributed by atoms with E-state index in [9.17, 15) is 0 Å². The van der Waals surface area contributed by atoms with Gasteiger partial charge in [-0.3, -0.25) is 0 Å². The molecule has 0 heterocycles. The second-order valence-corrected chi connectivity index (χ2v) is 1.55. The first-order chi connectivity index (χ1) is 3.65. The summed E-state index contributed by atoms with van der Waals surface area (Å²) in [6.45, 7) is 2.88. The number of rotatable bonds is 1. The average molecular weight is 140 g/mol. The Balaban J connectivity index is 0. The Labute approximate surface area is 49.3 Å². The molecule has 5 heteroatoms. The summed E-state index contributed by atoms with van der Waals surface area (Å²) >= 11 is 0. The van der Waals surface area contributed by atoms with Crippen molar-refractivity contribution < 1.29 is 14.4 Å². The van der Waals surface area contributed by atoms with Crippen LogP contribution in [0, 0.1) is 0 Å². The molecule has 0 aromatic heterocycles. The molecule has 8 heavy (non-hydrogen) atoms. The zero-order chi connectivity index (χ0) is 6.99. The van der Waals surface area contributed by atoms with Gasteiger partial charge in [0.2, 0.25) is 0 Å². The fourth-order valence-electron chi connectivity index (χ4n) is 0. The minimum atomic E-state index is -2.87. The molecule has 0 bridgehead atoms. The Morgan fingerprint density at radius 1 is 1.62 bits per heavy atom. The maximum Gasteiger partial charge on any atom is 0.692 e. The van der Waals surface area contributed by atoms with E-state index in [1.165, 1.54) is 0 Å². The molecule has 0 radical (unpaired) electrons. The molecular weight excluding hydrogens is 129 g/mol. The Kier molecular flexibility index (Phi) is 13.7. The molecule has 0 aliphatic carbocycles. The van der Waals surface area contributed by atoms with Gasteiger partial charge in [-0.15, -0.1) is 9.79 Å². The molecule has 0 atom stereocenters. The van der Waals surface area contributed by atoms with Crippen molar-refractivity contribution in [3.63, 3.8) is 0 Å². The van der Waals surface area contributed by atoms with Gasteiger partial charge in [0.25, 0.3) is 0 Å². The second kappa shape index (κ2) is 10.1. The van der Waals surface area contributed by atoms with Gasteiger partial charge in [0.15, 0.2) is 0 Å². The van der Waals surface area contributed by atoms with Gasteiger partial charge >= 0.3 is 8.25 Å². The van der Waals surface area contributed by atoms with Crippen molar-refractivity contribution in [2.75, 3.05) is 6.54 Å². The van der Waals surface area contributed by atoms with Crippen LogP contribution < -0.4 is 5.73 Å². The van der Waals surface area contributed by atoms with Crippen molar-refractivity contribution >= 4 is 8.25 Å². The highest BCUT2D eigenvalue weighted by atomic mass is 31.1. The molecule has 0 saturated carbocycles. The lowest BCUT2D eigenvalue weighted by atomic mass is 10.5. The van der Waals surface area contributed by atoms with E-state index in [1.54, 1.807) is 0 Å². The van der Waals surface area contributed by atoms with Crippen LogP contribution in [0.3, 0.4) is 0 Å². The first-order valence-corrected chi connectivity index (χ1v) is 3.36. The van der Waals surface area contributed by atoms with Crippen molar-refractivity contribution in [2.45, 2.75) is 13.3 Å². The molecule has 0 unspecified atom stereocenters. The van der Waals surface area contributed by atoms with E-state index in [0.29, 0.717) is 0 Å². The van der Waals surface area contributed by atoms with E-state index in [0.717, 1.165) is 13.0 Å². The summed E-state index contributed by atoms with van der Waals surface area (Å²) in [5, 5.41) is 0. The fourth-order valence-corrected chi connectivity index (χ4v) is 0. The summed E-state index contributed by atoms with van der Waals surface area (Å²) in [4.78, 5) is 14.2. The zero-order valence-corrected chi connectivity index (χ0v) is 5.64. The summed E-state index contributed by atoms with van der Waals surface area (Å²) in [5.74, 6) is 0. The lowest BCUT2D eigenvalue weighted by Crippen LogP contribution is -1.93. The monoisotopic (exact) mass is 140 g/mol. The Bertz CT molecular complexity index is 52.5. The molecule has 4 nitrogen and oxygen atoms in total. The predicted octanol–water partition coefficient (Wildman–Crippen LogP) is -0.0165. The van der Waals surface area contributed by atoms with E-state index in [2.05, 4.69) is 6.92 Å². The van der Waals surface area contributed by atoms with E-state index < -0.39 is 8.25 Å². The number of nitrogens with two attached hydrogens (primary N) is 1. The van der Waals surface area contributed by atoms with Crippen LogP contribution in [0.1, 0.15) is 13.3 Å². The van der Waals surface area contributed by atoms with Gasteiger partial charge in [0.05, 0.1) is 0 Å². The van der Waals surface area contributed by atoms with Crippen LogP contribution >= 0.6 is 8.25 Å². The number of hydrogen-bond acceptors (Lipinski definition) is 2. The molecule has 0 rings (SSSR count). The zero-order valence-electron chi connectivity index (χ0n) is 4.74. The Morgan fingerprint density at radius 2 is 1.75 bits per heavy atom. The third kappa shape index (κ3) is 154. The lowest BCUT2D eigenvalue weighted by molar-refractivity contribution is 0.405. The first kappa shape index (κ1) is 10.9. The lowest BCUT2D eigenvalue weighted by Gasteiger charge is -1.70. The molecule has 0 saturated heterocycles. The Hall–Kier alpha value is -0.0200. The van der Waals surface area contributed by atoms with Crippen LogP contribution in [0.5, 0.6) is 0 Å². The van der Waals surface area contributed by atoms with Crippen molar-refractivity contribution in [1.29, 1.82) is 0 Å². The van der Waals surface area contributed by atoms with Gasteiger partial charge in [0.1, 0.15) is 0 Å². The van der Waals surface area contributed by atoms with E-state index in [4.69, 9.17) is 20.1 Å². The van der Waals surface area contributed by atoms with Crippen molar-refractivity contribution in [1.82, 2.24) is 0 Å². The maximum absolute atomic E-state index is 8.70. The summed E-state index contributed by atoms with van der Waals surface area (Å²) in [7, 11) is -2.87.